The lowest BCUT2D eigenvalue weighted by Crippen LogP contribution is -2.16. The van der Waals surface area contributed by atoms with E-state index in [2.05, 4.69) is 0 Å². The van der Waals surface area contributed by atoms with Gasteiger partial charge in [-0.15, -0.1) is 0 Å². The molecule has 3 heteroatoms. The maximum Gasteiger partial charge on any atom is 0.318 e. The lowest BCUT2D eigenvalue weighted by atomic mass is 10.1. The number of cyclic esters (lactones) is 1. The molecule has 1 aliphatic rings. The Hall–Kier alpha value is -1.12. The zero-order chi connectivity index (χ0) is 9.14. The fraction of sp³-hybridized carbons (Fsp3) is 0.556. The summed E-state index contributed by atoms with van der Waals surface area (Å²) in [7, 11) is 0. The van der Waals surface area contributed by atoms with Crippen LogP contribution in [0.2, 0.25) is 0 Å². The second-order valence-corrected chi connectivity index (χ2v) is 3.33. The van der Waals surface area contributed by atoms with Crippen LogP contribution in [0, 0.1) is 5.92 Å². The number of allylic oxidation sites excluding steroid dienone is 2. The summed E-state index contributed by atoms with van der Waals surface area (Å²) in [5.41, 5.74) is 0. The summed E-state index contributed by atoms with van der Waals surface area (Å²) in [5, 5.41) is 0. The molecule has 0 saturated carbocycles. The van der Waals surface area contributed by atoms with Crippen molar-refractivity contribution in [2.24, 2.45) is 5.92 Å². The lowest BCUT2D eigenvalue weighted by molar-refractivity contribution is -0.143. The van der Waals surface area contributed by atoms with Crippen molar-refractivity contribution in [2.45, 2.75) is 26.7 Å². The van der Waals surface area contributed by atoms with Gasteiger partial charge in [0.1, 0.15) is 12.2 Å². The van der Waals surface area contributed by atoms with Gasteiger partial charge in [0.2, 0.25) is 0 Å². The fourth-order valence-corrected chi connectivity index (χ4v) is 1.09. The molecule has 0 amide bonds. The molecule has 0 aromatic heterocycles. The van der Waals surface area contributed by atoms with Crippen molar-refractivity contribution in [1.29, 1.82) is 0 Å². The third-order valence-electron chi connectivity index (χ3n) is 1.49. The second-order valence-electron chi connectivity index (χ2n) is 3.33. The number of hydrogen-bond acceptors (Lipinski definition) is 3. The number of carbonyl (C=O) groups is 2. The molecule has 12 heavy (non-hydrogen) atoms. The van der Waals surface area contributed by atoms with Gasteiger partial charge in [0, 0.05) is 12.5 Å². The van der Waals surface area contributed by atoms with Crippen molar-refractivity contribution in [1.82, 2.24) is 0 Å². The minimum atomic E-state index is -0.432. The van der Waals surface area contributed by atoms with Crippen LogP contribution >= 0.6 is 0 Å². The Morgan fingerprint density at radius 2 is 2.17 bits per heavy atom. The van der Waals surface area contributed by atoms with E-state index in [0.717, 1.165) is 0 Å². The third kappa shape index (κ3) is 2.49. The molecule has 0 bridgehead atoms. The predicted molar refractivity (Wildman–Crippen MR) is 43.3 cm³/mol. The van der Waals surface area contributed by atoms with E-state index in [9.17, 15) is 9.59 Å². The van der Waals surface area contributed by atoms with E-state index in [4.69, 9.17) is 4.74 Å². The highest BCUT2D eigenvalue weighted by Crippen LogP contribution is 2.16. The van der Waals surface area contributed by atoms with Gasteiger partial charge in [-0.1, -0.05) is 13.8 Å². The Morgan fingerprint density at radius 3 is 2.67 bits per heavy atom. The third-order valence-corrected chi connectivity index (χ3v) is 1.49. The van der Waals surface area contributed by atoms with Gasteiger partial charge in [-0.2, -0.15) is 0 Å². The molecule has 0 unspecified atom stereocenters. The summed E-state index contributed by atoms with van der Waals surface area (Å²) in [4.78, 5) is 21.7. The van der Waals surface area contributed by atoms with E-state index in [0.29, 0.717) is 18.1 Å². The molecule has 0 atom stereocenters. The summed E-state index contributed by atoms with van der Waals surface area (Å²) >= 11 is 0. The molecule has 0 fully saturated rings. The Morgan fingerprint density at radius 1 is 1.50 bits per heavy atom. The van der Waals surface area contributed by atoms with Crippen molar-refractivity contribution in [3.05, 3.63) is 11.8 Å². The van der Waals surface area contributed by atoms with Gasteiger partial charge in [-0.3, -0.25) is 9.59 Å². The Labute approximate surface area is 71.4 Å². The highest BCUT2D eigenvalue weighted by molar-refractivity contribution is 6.04. The summed E-state index contributed by atoms with van der Waals surface area (Å²) in [5.74, 6) is 0.321. The Bertz CT molecular complexity index is 238. The number of carbonyl (C=O) groups excluding carboxylic acids is 2. The van der Waals surface area contributed by atoms with Crippen LogP contribution in [0.25, 0.3) is 0 Å². The van der Waals surface area contributed by atoms with E-state index < -0.39 is 5.97 Å². The maximum atomic E-state index is 10.9. The molecular weight excluding hydrogens is 156 g/mol. The van der Waals surface area contributed by atoms with Gasteiger partial charge in [-0.05, 0) is 5.92 Å². The first-order valence-electron chi connectivity index (χ1n) is 4.02. The Kier molecular flexibility index (Phi) is 2.63. The van der Waals surface area contributed by atoms with Crippen LogP contribution in [-0.2, 0) is 14.3 Å². The molecule has 0 aromatic carbocycles. The summed E-state index contributed by atoms with van der Waals surface area (Å²) < 4.78 is 4.87. The molecule has 0 aliphatic carbocycles. The summed E-state index contributed by atoms with van der Waals surface area (Å²) in [6.07, 6.45) is 1.96. The summed E-state index contributed by atoms with van der Waals surface area (Å²) in [6, 6.07) is 0. The maximum absolute atomic E-state index is 10.9. The van der Waals surface area contributed by atoms with Crippen LogP contribution in [0.15, 0.2) is 11.8 Å². The molecule has 3 nitrogen and oxygen atoms in total. The van der Waals surface area contributed by atoms with E-state index in [-0.39, 0.29) is 12.2 Å². The first kappa shape index (κ1) is 8.97. The predicted octanol–water partition coefficient (Wildman–Crippen LogP) is 1.43. The van der Waals surface area contributed by atoms with Gasteiger partial charge in [0.05, 0.1) is 0 Å². The molecule has 0 saturated heterocycles. The largest absolute Gasteiger partial charge is 0.431 e. The number of esters is 1. The van der Waals surface area contributed by atoms with Crippen molar-refractivity contribution in [2.75, 3.05) is 0 Å². The highest BCUT2D eigenvalue weighted by Gasteiger charge is 2.19. The van der Waals surface area contributed by atoms with Crippen LogP contribution < -0.4 is 0 Å². The van der Waals surface area contributed by atoms with Gasteiger partial charge >= 0.3 is 5.97 Å². The summed E-state index contributed by atoms with van der Waals surface area (Å²) in [6.45, 7) is 4.02. The molecule has 0 N–H and O–H groups in total. The lowest BCUT2D eigenvalue weighted by Gasteiger charge is -2.13. The smallest absolute Gasteiger partial charge is 0.318 e. The van der Waals surface area contributed by atoms with E-state index in [1.54, 1.807) is 0 Å². The van der Waals surface area contributed by atoms with Gasteiger partial charge < -0.3 is 4.74 Å². The van der Waals surface area contributed by atoms with Crippen LogP contribution in [0.1, 0.15) is 26.7 Å². The van der Waals surface area contributed by atoms with Crippen LogP contribution in [0.5, 0.6) is 0 Å². The second kappa shape index (κ2) is 3.52. The molecule has 0 radical (unpaired) electrons. The first-order valence-corrected chi connectivity index (χ1v) is 4.02. The molecule has 0 aromatic rings. The van der Waals surface area contributed by atoms with Crippen molar-refractivity contribution >= 4 is 11.8 Å². The highest BCUT2D eigenvalue weighted by atomic mass is 16.5. The monoisotopic (exact) mass is 168 g/mol. The fourth-order valence-electron chi connectivity index (χ4n) is 1.09. The van der Waals surface area contributed by atoms with Crippen LogP contribution in [0.3, 0.4) is 0 Å². The number of ketones is 1. The average Bonchev–Trinajstić information content (AvgIpc) is 1.81. The zero-order valence-corrected chi connectivity index (χ0v) is 7.29. The minimum absolute atomic E-state index is 0.110. The number of rotatable bonds is 2. The quantitative estimate of drug-likeness (QED) is 0.462. The van der Waals surface area contributed by atoms with Crippen LogP contribution in [0.4, 0.5) is 0 Å². The normalized spacial score (nSPS) is 17.8. The van der Waals surface area contributed by atoms with E-state index in [1.165, 1.54) is 6.08 Å². The van der Waals surface area contributed by atoms with E-state index in [1.807, 2.05) is 13.8 Å². The van der Waals surface area contributed by atoms with Crippen molar-refractivity contribution in [3.8, 4) is 0 Å². The standard InChI is InChI=1S/C9H12O3/c1-6(2)3-8-4-7(10)5-9(11)12-8/h4,6H,3,5H2,1-2H3. The zero-order valence-electron chi connectivity index (χ0n) is 7.29. The number of ether oxygens (including phenoxy) is 1. The molecule has 1 rings (SSSR count). The van der Waals surface area contributed by atoms with Crippen LogP contribution in [-0.4, -0.2) is 11.8 Å². The molecular formula is C9H12O3. The van der Waals surface area contributed by atoms with Gasteiger partial charge in [0.25, 0.3) is 0 Å². The Balaban J connectivity index is 2.64. The van der Waals surface area contributed by atoms with Gasteiger partial charge in [0.15, 0.2) is 5.78 Å². The first-order chi connectivity index (χ1) is 5.58. The SMILES string of the molecule is CC(C)CC1=CC(=O)CC(=O)O1. The minimum Gasteiger partial charge on any atom is -0.431 e. The molecule has 1 heterocycles. The topological polar surface area (TPSA) is 43.4 Å². The molecule has 66 valence electrons. The number of hydrogen-bond donors (Lipinski definition) is 0. The molecule has 1 aliphatic heterocycles. The van der Waals surface area contributed by atoms with Gasteiger partial charge in [-0.25, -0.2) is 0 Å². The van der Waals surface area contributed by atoms with Crippen molar-refractivity contribution < 1.29 is 14.3 Å². The molecule has 0 spiro atoms. The average molecular weight is 168 g/mol. The van der Waals surface area contributed by atoms with E-state index >= 15 is 0 Å². The van der Waals surface area contributed by atoms with Crippen molar-refractivity contribution in [3.63, 3.8) is 0 Å².